The molecule has 0 aliphatic rings. The van der Waals surface area contributed by atoms with Gasteiger partial charge in [0.1, 0.15) is 29.1 Å². The number of carbonyl (C=O) groups excluding carboxylic acids is 1. The molecular formula is C16H18O7. The zero-order valence-electron chi connectivity index (χ0n) is 12.9. The van der Waals surface area contributed by atoms with Crippen LogP contribution in [0.4, 0.5) is 0 Å². The monoisotopic (exact) mass is 322 g/mol. The van der Waals surface area contributed by atoms with Gasteiger partial charge in [-0.25, -0.2) is 4.79 Å². The lowest BCUT2D eigenvalue weighted by Gasteiger charge is -2.24. The van der Waals surface area contributed by atoms with Crippen molar-refractivity contribution in [1.82, 2.24) is 0 Å². The fourth-order valence-corrected chi connectivity index (χ4v) is 2.20. The van der Waals surface area contributed by atoms with Gasteiger partial charge in [-0.3, -0.25) is 4.79 Å². The summed E-state index contributed by atoms with van der Waals surface area (Å²) >= 11 is 0. The Morgan fingerprint density at radius 1 is 1.26 bits per heavy atom. The number of ether oxygens (including phenoxy) is 1. The number of aliphatic hydroxyl groups is 3. The van der Waals surface area contributed by atoms with Crippen LogP contribution in [0.2, 0.25) is 0 Å². The molecule has 0 bridgehead atoms. The van der Waals surface area contributed by atoms with Gasteiger partial charge in [-0.2, -0.15) is 0 Å². The van der Waals surface area contributed by atoms with Crippen LogP contribution in [0.1, 0.15) is 25.5 Å². The first kappa shape index (κ1) is 17.1. The molecule has 2 rings (SSSR count). The molecule has 7 nitrogen and oxygen atoms in total. The van der Waals surface area contributed by atoms with Crippen LogP contribution in [-0.4, -0.2) is 39.9 Å². The van der Waals surface area contributed by atoms with E-state index in [4.69, 9.17) is 9.15 Å². The van der Waals surface area contributed by atoms with Gasteiger partial charge in [0.25, 0.3) is 0 Å². The van der Waals surface area contributed by atoms with E-state index in [1.807, 2.05) is 0 Å². The van der Waals surface area contributed by atoms with Crippen LogP contribution in [0.15, 0.2) is 33.5 Å². The number of hydrogen-bond donors (Lipinski definition) is 3. The number of rotatable bonds is 5. The van der Waals surface area contributed by atoms with E-state index in [0.29, 0.717) is 5.39 Å². The minimum atomic E-state index is -1.84. The number of hydrogen-bond acceptors (Lipinski definition) is 7. The lowest BCUT2D eigenvalue weighted by atomic mass is 9.92. The summed E-state index contributed by atoms with van der Waals surface area (Å²) in [6.45, 7) is 2.44. The van der Waals surface area contributed by atoms with Crippen molar-refractivity contribution in [3.63, 3.8) is 0 Å². The second-order valence-corrected chi connectivity index (χ2v) is 5.70. The molecule has 2 atom stereocenters. The van der Waals surface area contributed by atoms with Gasteiger partial charge < -0.3 is 24.5 Å². The van der Waals surface area contributed by atoms with Crippen molar-refractivity contribution in [3.05, 3.63) is 40.2 Å². The molecule has 0 radical (unpaired) electrons. The maximum absolute atomic E-state index is 11.9. The average molecular weight is 322 g/mol. The lowest BCUT2D eigenvalue weighted by Crippen LogP contribution is -2.42. The largest absolute Gasteiger partial charge is 0.496 e. The molecule has 3 N–H and O–H groups in total. The SMILES string of the molecule is COc1cc2oc(=O)ccc2cc1[C@H](O)[C@@H](O)C(=O)C(C)(C)O. The Morgan fingerprint density at radius 3 is 2.48 bits per heavy atom. The molecule has 0 amide bonds. The molecule has 2 aromatic rings. The van der Waals surface area contributed by atoms with Crippen LogP contribution in [0.5, 0.6) is 5.75 Å². The van der Waals surface area contributed by atoms with E-state index in [2.05, 4.69) is 0 Å². The second kappa shape index (κ2) is 6.11. The Hall–Kier alpha value is -2.22. The highest BCUT2D eigenvalue weighted by atomic mass is 16.5. The topological polar surface area (TPSA) is 117 Å². The van der Waals surface area contributed by atoms with Crippen LogP contribution in [-0.2, 0) is 4.79 Å². The van der Waals surface area contributed by atoms with E-state index >= 15 is 0 Å². The van der Waals surface area contributed by atoms with E-state index in [9.17, 15) is 24.9 Å². The first-order chi connectivity index (χ1) is 10.6. The van der Waals surface area contributed by atoms with E-state index < -0.39 is 29.2 Å². The highest BCUT2D eigenvalue weighted by Crippen LogP contribution is 2.32. The summed E-state index contributed by atoms with van der Waals surface area (Å²) in [5, 5.41) is 30.5. The predicted octanol–water partition coefficient (Wildman–Crippen LogP) is 0.536. The first-order valence-electron chi connectivity index (χ1n) is 6.89. The molecule has 0 aliphatic carbocycles. The summed E-state index contributed by atoms with van der Waals surface area (Å²) in [4.78, 5) is 23.2. The molecule has 0 saturated heterocycles. The summed E-state index contributed by atoms with van der Waals surface area (Å²) in [6.07, 6.45) is -3.45. The molecule has 7 heteroatoms. The van der Waals surface area contributed by atoms with Crippen LogP contribution in [0, 0.1) is 0 Å². The van der Waals surface area contributed by atoms with E-state index in [1.54, 1.807) is 0 Å². The third-order valence-electron chi connectivity index (χ3n) is 3.46. The number of aliphatic hydroxyl groups excluding tert-OH is 2. The molecule has 0 spiro atoms. The molecule has 0 aliphatic heterocycles. The fourth-order valence-electron chi connectivity index (χ4n) is 2.20. The number of Topliss-reactive ketones (excluding diaryl/α,β-unsaturated/α-hetero) is 1. The summed E-state index contributed by atoms with van der Waals surface area (Å²) in [6, 6.07) is 5.53. The first-order valence-corrected chi connectivity index (χ1v) is 6.89. The smallest absolute Gasteiger partial charge is 0.336 e. The average Bonchev–Trinajstić information content (AvgIpc) is 2.50. The number of methoxy groups -OCH3 is 1. The van der Waals surface area contributed by atoms with Crippen molar-refractivity contribution in [2.24, 2.45) is 0 Å². The Kier molecular flexibility index (Phi) is 4.56. The summed E-state index contributed by atoms with van der Waals surface area (Å²) in [5.74, 6) is -0.784. The standard InChI is InChI=1S/C16H18O7/c1-16(2,21)15(20)14(19)13(18)9-6-8-4-5-12(17)23-10(8)7-11(9)22-3/h4-7,13-14,18-19,21H,1-3H3/t13-,14+/m0/s1. The van der Waals surface area contributed by atoms with Crippen LogP contribution < -0.4 is 10.4 Å². The molecule has 1 heterocycles. The van der Waals surface area contributed by atoms with Gasteiger partial charge in [0, 0.05) is 23.1 Å². The number of ketones is 1. The van der Waals surface area contributed by atoms with Gasteiger partial charge in [-0.1, -0.05) is 0 Å². The van der Waals surface area contributed by atoms with Crippen LogP contribution in [0.3, 0.4) is 0 Å². The van der Waals surface area contributed by atoms with Gasteiger partial charge in [0.2, 0.25) is 0 Å². The molecule has 1 aromatic carbocycles. The molecule has 0 saturated carbocycles. The third-order valence-corrected chi connectivity index (χ3v) is 3.46. The van der Waals surface area contributed by atoms with Crippen LogP contribution >= 0.6 is 0 Å². The van der Waals surface area contributed by atoms with Gasteiger partial charge in [-0.05, 0) is 26.0 Å². The number of carbonyl (C=O) groups is 1. The Morgan fingerprint density at radius 2 is 1.91 bits per heavy atom. The van der Waals surface area contributed by atoms with Gasteiger partial charge in [-0.15, -0.1) is 0 Å². The summed E-state index contributed by atoms with van der Waals surface area (Å²) in [7, 11) is 1.34. The Balaban J connectivity index is 2.51. The number of benzene rings is 1. The van der Waals surface area contributed by atoms with Crippen molar-refractivity contribution in [1.29, 1.82) is 0 Å². The maximum atomic E-state index is 11.9. The normalized spacial score (nSPS) is 14.5. The van der Waals surface area contributed by atoms with Crippen molar-refractivity contribution in [3.8, 4) is 5.75 Å². The fraction of sp³-hybridized carbons (Fsp3) is 0.375. The molecule has 124 valence electrons. The molecular weight excluding hydrogens is 304 g/mol. The van der Waals surface area contributed by atoms with Crippen molar-refractivity contribution >= 4 is 16.8 Å². The molecule has 1 aromatic heterocycles. The van der Waals surface area contributed by atoms with E-state index in [-0.39, 0.29) is 16.9 Å². The zero-order chi connectivity index (χ0) is 17.4. The second-order valence-electron chi connectivity index (χ2n) is 5.70. The summed E-state index contributed by atoms with van der Waals surface area (Å²) < 4.78 is 10.1. The molecule has 0 fully saturated rings. The van der Waals surface area contributed by atoms with Crippen molar-refractivity contribution in [2.45, 2.75) is 31.7 Å². The van der Waals surface area contributed by atoms with Gasteiger partial charge in [0.05, 0.1) is 7.11 Å². The minimum Gasteiger partial charge on any atom is -0.496 e. The van der Waals surface area contributed by atoms with Gasteiger partial charge in [0.15, 0.2) is 5.78 Å². The minimum absolute atomic E-state index is 0.138. The number of fused-ring (bicyclic) bond motifs is 1. The lowest BCUT2D eigenvalue weighted by molar-refractivity contribution is -0.149. The molecule has 23 heavy (non-hydrogen) atoms. The highest BCUT2D eigenvalue weighted by Gasteiger charge is 2.36. The summed E-state index contributed by atoms with van der Waals surface area (Å²) in [5.41, 5.74) is -1.95. The molecule has 0 unspecified atom stereocenters. The van der Waals surface area contributed by atoms with Crippen LogP contribution in [0.25, 0.3) is 11.0 Å². The quantitative estimate of drug-likeness (QED) is 0.688. The van der Waals surface area contributed by atoms with Crippen molar-refractivity contribution in [2.75, 3.05) is 7.11 Å². The zero-order valence-corrected chi connectivity index (χ0v) is 12.9. The Bertz CT molecular complexity index is 785. The van der Waals surface area contributed by atoms with E-state index in [1.165, 1.54) is 45.2 Å². The Labute approximate surface area is 131 Å². The third kappa shape index (κ3) is 3.42. The van der Waals surface area contributed by atoms with Crippen molar-refractivity contribution < 1.29 is 29.3 Å². The predicted molar refractivity (Wildman–Crippen MR) is 81.3 cm³/mol. The van der Waals surface area contributed by atoms with Gasteiger partial charge >= 0.3 is 5.63 Å². The maximum Gasteiger partial charge on any atom is 0.336 e. The highest BCUT2D eigenvalue weighted by molar-refractivity contribution is 5.91. The van der Waals surface area contributed by atoms with E-state index in [0.717, 1.165) is 0 Å².